The number of thioether (sulfide) groups is 1. The number of methoxy groups -OCH3 is 1. The van der Waals surface area contributed by atoms with Crippen LogP contribution in [0.3, 0.4) is 0 Å². The zero-order valence-corrected chi connectivity index (χ0v) is 15.8. The number of guanidine groups is 1. The van der Waals surface area contributed by atoms with Crippen molar-refractivity contribution >= 4 is 17.7 Å². The van der Waals surface area contributed by atoms with Crippen molar-refractivity contribution in [1.29, 1.82) is 0 Å². The molecule has 0 aliphatic carbocycles. The van der Waals surface area contributed by atoms with Crippen LogP contribution < -0.4 is 15.4 Å². The third-order valence-electron chi connectivity index (χ3n) is 3.17. The summed E-state index contributed by atoms with van der Waals surface area (Å²) in [5.74, 6) is 2.67. The smallest absolute Gasteiger partial charge is 0.213 e. The van der Waals surface area contributed by atoms with E-state index in [2.05, 4.69) is 33.8 Å². The van der Waals surface area contributed by atoms with Crippen LogP contribution in [-0.2, 0) is 11.3 Å². The van der Waals surface area contributed by atoms with Gasteiger partial charge in [0, 0.05) is 32.5 Å². The van der Waals surface area contributed by atoms with E-state index in [1.165, 1.54) is 12.2 Å². The molecule has 1 aromatic heterocycles. The first-order chi connectivity index (χ1) is 11.8. The van der Waals surface area contributed by atoms with E-state index < -0.39 is 0 Å². The number of rotatable bonds is 12. The molecule has 0 aromatic carbocycles. The third kappa shape index (κ3) is 9.62. The van der Waals surface area contributed by atoms with Crippen LogP contribution in [-0.4, -0.2) is 56.4 Å². The van der Waals surface area contributed by atoms with E-state index in [0.717, 1.165) is 31.0 Å². The Hall–Kier alpha value is -1.47. The number of hydrogen-bond acceptors (Lipinski definition) is 5. The molecule has 136 valence electrons. The molecule has 0 unspecified atom stereocenters. The van der Waals surface area contributed by atoms with Crippen molar-refractivity contribution in [2.75, 3.05) is 45.4 Å². The number of nitrogens with one attached hydrogen (secondary N) is 2. The Morgan fingerprint density at radius 3 is 2.79 bits per heavy atom. The second kappa shape index (κ2) is 13.9. The molecule has 0 spiro atoms. The van der Waals surface area contributed by atoms with Crippen LogP contribution in [0.2, 0.25) is 0 Å². The van der Waals surface area contributed by atoms with Crippen molar-refractivity contribution in [3.8, 4) is 5.88 Å². The lowest BCUT2D eigenvalue weighted by Crippen LogP contribution is -2.37. The second-order valence-corrected chi connectivity index (χ2v) is 6.15. The Balaban J connectivity index is 2.41. The zero-order valence-electron chi connectivity index (χ0n) is 15.0. The molecule has 0 amide bonds. The molecule has 7 heteroatoms. The van der Waals surface area contributed by atoms with E-state index in [1.54, 1.807) is 13.3 Å². The molecular formula is C17H30N4O2S. The maximum atomic E-state index is 5.45. The van der Waals surface area contributed by atoms with E-state index in [-0.39, 0.29) is 0 Å². The van der Waals surface area contributed by atoms with E-state index in [0.29, 0.717) is 25.6 Å². The minimum Gasteiger partial charge on any atom is -0.475 e. The molecule has 1 rings (SSSR count). The van der Waals surface area contributed by atoms with Gasteiger partial charge in [-0.05, 0) is 37.3 Å². The van der Waals surface area contributed by atoms with E-state index in [9.17, 15) is 0 Å². The molecule has 0 bridgehead atoms. The first kappa shape index (κ1) is 20.6. The molecule has 0 radical (unpaired) electrons. The normalized spacial score (nSPS) is 11.4. The molecule has 1 aromatic rings. The lowest BCUT2D eigenvalue weighted by Gasteiger charge is -2.11. The predicted molar refractivity (Wildman–Crippen MR) is 102 cm³/mol. The number of pyridine rings is 1. The maximum Gasteiger partial charge on any atom is 0.213 e. The maximum absolute atomic E-state index is 5.45. The Morgan fingerprint density at radius 2 is 2.12 bits per heavy atom. The highest BCUT2D eigenvalue weighted by Crippen LogP contribution is 2.08. The SMILES string of the molecule is CCNC(=NCc1ccc(OCCOC)nc1)NCCCCSC. The Kier molecular flexibility index (Phi) is 11.9. The predicted octanol–water partition coefficient (Wildman–Crippen LogP) is 2.31. The average Bonchev–Trinajstić information content (AvgIpc) is 2.60. The van der Waals surface area contributed by atoms with Gasteiger partial charge in [0.15, 0.2) is 5.96 Å². The number of aliphatic imine (C=N–C) groups is 1. The van der Waals surface area contributed by atoms with Gasteiger partial charge in [0.2, 0.25) is 5.88 Å². The quantitative estimate of drug-likeness (QED) is 0.341. The molecule has 0 fully saturated rings. The zero-order chi connectivity index (χ0) is 17.5. The highest BCUT2D eigenvalue weighted by atomic mass is 32.2. The van der Waals surface area contributed by atoms with Crippen LogP contribution in [0.15, 0.2) is 23.3 Å². The molecule has 0 aliphatic heterocycles. The summed E-state index contributed by atoms with van der Waals surface area (Å²) in [6.45, 7) is 5.51. The van der Waals surface area contributed by atoms with Gasteiger partial charge in [-0.1, -0.05) is 6.07 Å². The number of unbranched alkanes of at least 4 members (excludes halogenated alkanes) is 1. The van der Waals surface area contributed by atoms with Gasteiger partial charge in [0.25, 0.3) is 0 Å². The Labute approximate surface area is 149 Å². The summed E-state index contributed by atoms with van der Waals surface area (Å²) < 4.78 is 10.4. The standard InChI is InChI=1S/C17H30N4O2S/c1-4-18-17(19-9-5-6-12-24-3)21-14-15-7-8-16(20-13-15)23-11-10-22-2/h7-8,13H,4-6,9-12,14H2,1-3H3,(H2,18,19,21). The van der Waals surface area contributed by atoms with Crippen molar-refractivity contribution in [3.63, 3.8) is 0 Å². The molecule has 6 nitrogen and oxygen atoms in total. The monoisotopic (exact) mass is 354 g/mol. The van der Waals surface area contributed by atoms with Gasteiger partial charge < -0.3 is 20.1 Å². The summed E-state index contributed by atoms with van der Waals surface area (Å²) in [5, 5.41) is 6.63. The summed E-state index contributed by atoms with van der Waals surface area (Å²) in [6.07, 6.45) is 6.32. The van der Waals surface area contributed by atoms with Crippen molar-refractivity contribution in [3.05, 3.63) is 23.9 Å². The summed E-state index contributed by atoms with van der Waals surface area (Å²) in [6, 6.07) is 3.85. The minimum atomic E-state index is 0.506. The van der Waals surface area contributed by atoms with Gasteiger partial charge in [-0.2, -0.15) is 11.8 Å². The molecule has 0 atom stereocenters. The average molecular weight is 355 g/mol. The van der Waals surface area contributed by atoms with Crippen LogP contribution in [0.1, 0.15) is 25.3 Å². The fraction of sp³-hybridized carbons (Fsp3) is 0.647. The van der Waals surface area contributed by atoms with Crippen LogP contribution >= 0.6 is 11.8 Å². The van der Waals surface area contributed by atoms with Crippen molar-refractivity contribution in [2.45, 2.75) is 26.3 Å². The van der Waals surface area contributed by atoms with Crippen molar-refractivity contribution < 1.29 is 9.47 Å². The Bertz CT molecular complexity index is 454. The van der Waals surface area contributed by atoms with E-state index >= 15 is 0 Å². The molecule has 1 heterocycles. The van der Waals surface area contributed by atoms with Gasteiger partial charge in [-0.15, -0.1) is 0 Å². The van der Waals surface area contributed by atoms with E-state index in [1.807, 2.05) is 23.9 Å². The lowest BCUT2D eigenvalue weighted by atomic mass is 10.3. The van der Waals surface area contributed by atoms with Crippen molar-refractivity contribution in [1.82, 2.24) is 15.6 Å². The lowest BCUT2D eigenvalue weighted by molar-refractivity contribution is 0.143. The van der Waals surface area contributed by atoms with Crippen molar-refractivity contribution in [2.24, 2.45) is 4.99 Å². The first-order valence-corrected chi connectivity index (χ1v) is 9.77. The van der Waals surface area contributed by atoms with Gasteiger partial charge in [-0.3, -0.25) is 0 Å². The molecule has 0 saturated carbocycles. The highest BCUT2D eigenvalue weighted by Gasteiger charge is 1.99. The number of hydrogen-bond donors (Lipinski definition) is 2. The van der Waals surface area contributed by atoms with Crippen LogP contribution in [0, 0.1) is 0 Å². The largest absolute Gasteiger partial charge is 0.475 e. The third-order valence-corrected chi connectivity index (χ3v) is 3.86. The second-order valence-electron chi connectivity index (χ2n) is 5.17. The van der Waals surface area contributed by atoms with E-state index in [4.69, 9.17) is 9.47 Å². The molecular weight excluding hydrogens is 324 g/mol. The summed E-state index contributed by atoms with van der Waals surface area (Å²) >= 11 is 1.89. The molecule has 2 N–H and O–H groups in total. The fourth-order valence-electron chi connectivity index (χ4n) is 1.91. The van der Waals surface area contributed by atoms with Gasteiger partial charge in [0.05, 0.1) is 13.2 Å². The minimum absolute atomic E-state index is 0.506. The number of nitrogens with zero attached hydrogens (tertiary/aromatic N) is 2. The first-order valence-electron chi connectivity index (χ1n) is 8.38. The van der Waals surface area contributed by atoms with Crippen LogP contribution in [0.5, 0.6) is 5.88 Å². The van der Waals surface area contributed by atoms with Gasteiger partial charge in [0.1, 0.15) is 6.61 Å². The number of aromatic nitrogens is 1. The summed E-state index contributed by atoms with van der Waals surface area (Å²) in [7, 11) is 1.65. The highest BCUT2D eigenvalue weighted by molar-refractivity contribution is 7.98. The van der Waals surface area contributed by atoms with Crippen LogP contribution in [0.4, 0.5) is 0 Å². The van der Waals surface area contributed by atoms with Gasteiger partial charge in [-0.25, -0.2) is 9.98 Å². The summed E-state index contributed by atoms with van der Waals surface area (Å²) in [5.41, 5.74) is 1.05. The molecule has 0 saturated heterocycles. The summed E-state index contributed by atoms with van der Waals surface area (Å²) in [4.78, 5) is 8.88. The number of ether oxygens (including phenoxy) is 2. The molecule has 24 heavy (non-hydrogen) atoms. The Morgan fingerprint density at radius 1 is 1.25 bits per heavy atom. The fourth-order valence-corrected chi connectivity index (χ4v) is 2.40. The van der Waals surface area contributed by atoms with Gasteiger partial charge >= 0.3 is 0 Å². The molecule has 0 aliphatic rings. The van der Waals surface area contributed by atoms with Crippen LogP contribution in [0.25, 0.3) is 0 Å². The topological polar surface area (TPSA) is 67.8 Å².